The molecule has 1 saturated heterocycles. The van der Waals surface area contributed by atoms with E-state index in [1.165, 1.54) is 5.56 Å². The summed E-state index contributed by atoms with van der Waals surface area (Å²) in [5.41, 5.74) is 1.26. The van der Waals surface area contributed by atoms with Crippen molar-refractivity contribution in [3.63, 3.8) is 0 Å². The number of hydrogen-bond acceptors (Lipinski definition) is 2. The topological polar surface area (TPSA) is 32.3 Å². The molecule has 0 unspecified atom stereocenters. The molecule has 0 aromatic heterocycles. The van der Waals surface area contributed by atoms with E-state index in [0.717, 1.165) is 19.6 Å². The summed E-state index contributed by atoms with van der Waals surface area (Å²) in [6, 6.07) is 10.3. The molecule has 0 bridgehead atoms. The lowest BCUT2D eigenvalue weighted by atomic mass is 10.1. The third-order valence-corrected chi connectivity index (χ3v) is 2.85. The zero-order valence-electron chi connectivity index (χ0n) is 8.94. The minimum absolute atomic E-state index is 0.0149. The van der Waals surface area contributed by atoms with Crippen LogP contribution >= 0.6 is 0 Å². The fourth-order valence-corrected chi connectivity index (χ4v) is 1.86. The van der Waals surface area contributed by atoms with E-state index >= 15 is 0 Å². The van der Waals surface area contributed by atoms with Crippen LogP contribution in [0.3, 0.4) is 0 Å². The lowest BCUT2D eigenvalue weighted by Gasteiger charge is -2.32. The summed E-state index contributed by atoms with van der Waals surface area (Å²) in [6.07, 6.45) is 0. The van der Waals surface area contributed by atoms with Crippen LogP contribution in [0.1, 0.15) is 12.5 Å². The molecule has 15 heavy (non-hydrogen) atoms. The highest BCUT2D eigenvalue weighted by molar-refractivity contribution is 5.81. The average Bonchev–Trinajstić information content (AvgIpc) is 2.26. The largest absolute Gasteiger partial charge is 0.353 e. The van der Waals surface area contributed by atoms with Crippen molar-refractivity contribution in [1.82, 2.24) is 10.2 Å². The smallest absolute Gasteiger partial charge is 0.237 e. The Hall–Kier alpha value is -1.35. The van der Waals surface area contributed by atoms with E-state index in [0.29, 0.717) is 0 Å². The van der Waals surface area contributed by atoms with Gasteiger partial charge in [0.2, 0.25) is 5.91 Å². The van der Waals surface area contributed by atoms with Crippen molar-refractivity contribution < 1.29 is 4.79 Å². The second-order valence-corrected chi connectivity index (χ2v) is 3.92. The highest BCUT2D eigenvalue weighted by atomic mass is 16.2. The molecule has 3 nitrogen and oxygen atoms in total. The Bertz CT molecular complexity index is 337. The molecular formula is C12H16N2O. The fraction of sp³-hybridized carbons (Fsp3) is 0.417. The molecule has 2 rings (SSSR count). The van der Waals surface area contributed by atoms with Gasteiger partial charge in [-0.3, -0.25) is 9.69 Å². The lowest BCUT2D eigenvalue weighted by Crippen LogP contribution is -2.53. The molecule has 0 saturated carbocycles. The number of piperazine rings is 1. The van der Waals surface area contributed by atoms with Crippen molar-refractivity contribution in [2.24, 2.45) is 0 Å². The third kappa shape index (κ3) is 2.36. The summed E-state index contributed by atoms with van der Waals surface area (Å²) >= 11 is 0. The normalized spacial score (nSPS) is 22.5. The maximum Gasteiger partial charge on any atom is 0.237 e. The molecule has 1 aromatic carbocycles. The summed E-state index contributed by atoms with van der Waals surface area (Å²) in [7, 11) is 0. The first-order valence-corrected chi connectivity index (χ1v) is 5.33. The molecule has 1 aromatic rings. The number of nitrogens with zero attached hydrogens (tertiary/aromatic N) is 1. The van der Waals surface area contributed by atoms with E-state index in [9.17, 15) is 4.79 Å². The molecule has 0 aliphatic carbocycles. The monoisotopic (exact) mass is 204 g/mol. The Morgan fingerprint density at radius 2 is 2.13 bits per heavy atom. The molecule has 0 radical (unpaired) electrons. The maximum absolute atomic E-state index is 11.4. The summed E-state index contributed by atoms with van der Waals surface area (Å²) in [5.74, 6) is 0.136. The van der Waals surface area contributed by atoms with Gasteiger partial charge in [0.15, 0.2) is 0 Å². The van der Waals surface area contributed by atoms with Crippen LogP contribution in [-0.4, -0.2) is 29.9 Å². The van der Waals surface area contributed by atoms with Crippen LogP contribution in [0.25, 0.3) is 0 Å². The van der Waals surface area contributed by atoms with Crippen molar-refractivity contribution in [2.45, 2.75) is 19.5 Å². The second kappa shape index (κ2) is 4.45. The molecule has 1 N–H and O–H groups in total. The van der Waals surface area contributed by atoms with E-state index in [4.69, 9.17) is 0 Å². The molecular weight excluding hydrogens is 188 g/mol. The van der Waals surface area contributed by atoms with Gasteiger partial charge >= 0.3 is 0 Å². The number of carbonyl (C=O) groups is 1. The van der Waals surface area contributed by atoms with Crippen molar-refractivity contribution >= 4 is 5.91 Å². The summed E-state index contributed by atoms with van der Waals surface area (Å²) in [4.78, 5) is 13.6. The summed E-state index contributed by atoms with van der Waals surface area (Å²) < 4.78 is 0. The Kier molecular flexibility index (Phi) is 3.02. The summed E-state index contributed by atoms with van der Waals surface area (Å²) in [6.45, 7) is 4.50. The number of hydrogen-bond donors (Lipinski definition) is 1. The second-order valence-electron chi connectivity index (χ2n) is 3.92. The van der Waals surface area contributed by atoms with E-state index < -0.39 is 0 Å². The van der Waals surface area contributed by atoms with Gasteiger partial charge in [0.25, 0.3) is 0 Å². The third-order valence-electron chi connectivity index (χ3n) is 2.85. The van der Waals surface area contributed by atoms with Gasteiger partial charge in [0.05, 0.1) is 6.04 Å². The number of rotatable bonds is 2. The maximum atomic E-state index is 11.4. The van der Waals surface area contributed by atoms with Crippen LogP contribution in [0.4, 0.5) is 0 Å². The van der Waals surface area contributed by atoms with Crippen LogP contribution in [0.15, 0.2) is 30.3 Å². The minimum Gasteiger partial charge on any atom is -0.353 e. The van der Waals surface area contributed by atoms with Crippen LogP contribution in [0.5, 0.6) is 0 Å². The first-order valence-electron chi connectivity index (χ1n) is 5.33. The van der Waals surface area contributed by atoms with Gasteiger partial charge < -0.3 is 5.32 Å². The quantitative estimate of drug-likeness (QED) is 0.779. The van der Waals surface area contributed by atoms with Crippen molar-refractivity contribution in [3.05, 3.63) is 35.9 Å². The molecule has 1 heterocycles. The fourth-order valence-electron chi connectivity index (χ4n) is 1.86. The molecule has 0 spiro atoms. The Balaban J connectivity index is 2.02. The predicted octanol–water partition coefficient (Wildman–Crippen LogP) is 1.01. The minimum atomic E-state index is -0.0149. The van der Waals surface area contributed by atoms with E-state index in [-0.39, 0.29) is 11.9 Å². The zero-order chi connectivity index (χ0) is 10.7. The number of nitrogens with one attached hydrogen (secondary N) is 1. The molecule has 1 fully saturated rings. The summed E-state index contributed by atoms with van der Waals surface area (Å²) in [5, 5.41) is 2.87. The van der Waals surface area contributed by atoms with Crippen molar-refractivity contribution in [1.29, 1.82) is 0 Å². The number of amides is 1. The van der Waals surface area contributed by atoms with E-state index in [1.54, 1.807) is 0 Å². The molecule has 3 heteroatoms. The van der Waals surface area contributed by atoms with Crippen LogP contribution < -0.4 is 5.32 Å². The average molecular weight is 204 g/mol. The number of benzene rings is 1. The Labute approximate surface area is 90.1 Å². The molecule has 1 aliphatic rings. The van der Waals surface area contributed by atoms with Gasteiger partial charge in [0, 0.05) is 19.6 Å². The molecule has 1 aliphatic heterocycles. The first kappa shape index (κ1) is 10.2. The van der Waals surface area contributed by atoms with Crippen LogP contribution in [0, 0.1) is 0 Å². The van der Waals surface area contributed by atoms with Crippen LogP contribution in [0.2, 0.25) is 0 Å². The molecule has 1 amide bonds. The van der Waals surface area contributed by atoms with Crippen LogP contribution in [-0.2, 0) is 11.3 Å². The van der Waals surface area contributed by atoms with E-state index in [2.05, 4.69) is 22.3 Å². The SMILES string of the molecule is C[C@@H]1C(=O)NCCN1Cc1ccccc1. The standard InChI is InChI=1S/C12H16N2O/c1-10-12(15)13-7-8-14(10)9-11-5-3-2-4-6-11/h2-6,10H,7-9H2,1H3,(H,13,15)/t10-/m1/s1. The molecule has 80 valence electrons. The van der Waals surface area contributed by atoms with Gasteiger partial charge in [0.1, 0.15) is 0 Å². The first-order chi connectivity index (χ1) is 7.27. The number of carbonyl (C=O) groups excluding carboxylic acids is 1. The predicted molar refractivity (Wildman–Crippen MR) is 59.3 cm³/mol. The van der Waals surface area contributed by atoms with Gasteiger partial charge in [-0.2, -0.15) is 0 Å². The highest BCUT2D eigenvalue weighted by Crippen LogP contribution is 2.10. The van der Waals surface area contributed by atoms with Gasteiger partial charge in [-0.15, -0.1) is 0 Å². The Morgan fingerprint density at radius 1 is 1.40 bits per heavy atom. The Morgan fingerprint density at radius 3 is 2.87 bits per heavy atom. The highest BCUT2D eigenvalue weighted by Gasteiger charge is 2.24. The van der Waals surface area contributed by atoms with Gasteiger partial charge in [-0.05, 0) is 12.5 Å². The van der Waals surface area contributed by atoms with Crippen molar-refractivity contribution in [2.75, 3.05) is 13.1 Å². The molecule has 1 atom stereocenters. The van der Waals surface area contributed by atoms with Crippen molar-refractivity contribution in [3.8, 4) is 0 Å². The lowest BCUT2D eigenvalue weighted by molar-refractivity contribution is -0.128. The van der Waals surface area contributed by atoms with Gasteiger partial charge in [-0.1, -0.05) is 30.3 Å². The van der Waals surface area contributed by atoms with Gasteiger partial charge in [-0.25, -0.2) is 0 Å². The zero-order valence-corrected chi connectivity index (χ0v) is 8.94. The van der Waals surface area contributed by atoms with E-state index in [1.807, 2.05) is 25.1 Å².